The molecule has 0 aromatic heterocycles. The van der Waals surface area contributed by atoms with Gasteiger partial charge in [-0.3, -0.25) is 0 Å². The maximum Gasteiger partial charge on any atom is 0.573 e. The first-order valence-corrected chi connectivity index (χ1v) is 7.84. The van der Waals surface area contributed by atoms with E-state index in [1.807, 2.05) is 0 Å². The second-order valence-electron chi connectivity index (χ2n) is 5.31. The van der Waals surface area contributed by atoms with Crippen LogP contribution in [0.25, 0.3) is 0 Å². The van der Waals surface area contributed by atoms with Crippen LogP contribution in [0.15, 0.2) is 24.3 Å². The van der Waals surface area contributed by atoms with Crippen molar-refractivity contribution in [2.24, 2.45) is 5.92 Å². The molecule has 1 aliphatic rings. The molecule has 112 valence electrons. The minimum absolute atomic E-state index is 0.155. The van der Waals surface area contributed by atoms with E-state index in [0.717, 1.165) is 12.0 Å². The molecule has 0 spiro atoms. The highest BCUT2D eigenvalue weighted by Gasteiger charge is 2.31. The van der Waals surface area contributed by atoms with Crippen LogP contribution in [0.2, 0.25) is 0 Å². The van der Waals surface area contributed by atoms with Crippen LogP contribution in [-0.4, -0.2) is 11.2 Å². The summed E-state index contributed by atoms with van der Waals surface area (Å²) in [5.74, 6) is 0.407. The number of benzene rings is 1. The zero-order valence-electron chi connectivity index (χ0n) is 11.1. The fraction of sp³-hybridized carbons (Fsp3) is 0.600. The van der Waals surface area contributed by atoms with E-state index < -0.39 is 6.36 Å². The maximum absolute atomic E-state index is 12.1. The molecule has 20 heavy (non-hydrogen) atoms. The fourth-order valence-electron chi connectivity index (χ4n) is 2.70. The lowest BCUT2D eigenvalue weighted by atomic mass is 9.92. The number of hydrogen-bond donors (Lipinski definition) is 0. The molecule has 0 N–H and O–H groups in total. The molecule has 0 aliphatic heterocycles. The Morgan fingerprint density at radius 2 is 1.70 bits per heavy atom. The standard InChI is InChI=1S/C15H18BrF3O/c16-14-5-3-1-2-4-12(14)10-11-6-8-13(9-7-11)20-15(17,18)19/h6-9,12,14H,1-5,10H2. The first-order chi connectivity index (χ1) is 9.44. The number of halogens is 4. The Hall–Kier alpha value is -0.710. The smallest absolute Gasteiger partial charge is 0.406 e. The SMILES string of the molecule is FC(F)(F)Oc1ccc(CC2CCCCCC2Br)cc1. The van der Waals surface area contributed by atoms with Gasteiger partial charge in [0.1, 0.15) is 5.75 Å². The van der Waals surface area contributed by atoms with Gasteiger partial charge in [0.05, 0.1) is 0 Å². The Bertz CT molecular complexity index is 416. The van der Waals surface area contributed by atoms with Crippen LogP contribution in [0.1, 0.15) is 37.7 Å². The molecular formula is C15H18BrF3O. The van der Waals surface area contributed by atoms with E-state index in [9.17, 15) is 13.2 Å². The molecule has 1 aliphatic carbocycles. The highest BCUT2D eigenvalue weighted by atomic mass is 79.9. The van der Waals surface area contributed by atoms with Gasteiger partial charge in [0.15, 0.2) is 0 Å². The summed E-state index contributed by atoms with van der Waals surface area (Å²) in [5, 5.41) is 0. The second kappa shape index (κ2) is 6.83. The van der Waals surface area contributed by atoms with E-state index in [0.29, 0.717) is 10.7 Å². The van der Waals surface area contributed by atoms with E-state index in [1.165, 1.54) is 44.2 Å². The zero-order chi connectivity index (χ0) is 14.6. The van der Waals surface area contributed by atoms with Crippen molar-refractivity contribution in [1.29, 1.82) is 0 Å². The van der Waals surface area contributed by atoms with Crippen LogP contribution >= 0.6 is 15.9 Å². The number of alkyl halides is 4. The molecule has 2 rings (SSSR count). The molecule has 1 saturated carbocycles. The van der Waals surface area contributed by atoms with Crippen molar-refractivity contribution in [3.63, 3.8) is 0 Å². The van der Waals surface area contributed by atoms with Gasteiger partial charge in [0, 0.05) is 4.83 Å². The van der Waals surface area contributed by atoms with Crippen molar-refractivity contribution >= 4 is 15.9 Å². The predicted octanol–water partition coefficient (Wildman–Crippen LogP) is 5.47. The Morgan fingerprint density at radius 1 is 1.05 bits per heavy atom. The Morgan fingerprint density at radius 3 is 2.35 bits per heavy atom. The van der Waals surface area contributed by atoms with Crippen molar-refractivity contribution in [1.82, 2.24) is 0 Å². The van der Waals surface area contributed by atoms with Gasteiger partial charge in [-0.1, -0.05) is 47.3 Å². The molecule has 5 heteroatoms. The Balaban J connectivity index is 1.96. The summed E-state index contributed by atoms with van der Waals surface area (Å²) in [5.41, 5.74) is 1.07. The molecule has 1 aromatic carbocycles. The minimum atomic E-state index is -4.62. The van der Waals surface area contributed by atoms with E-state index in [4.69, 9.17) is 0 Å². The van der Waals surface area contributed by atoms with Crippen molar-refractivity contribution in [3.8, 4) is 5.75 Å². The van der Waals surface area contributed by atoms with Crippen LogP contribution in [-0.2, 0) is 6.42 Å². The third-order valence-corrected chi connectivity index (χ3v) is 4.93. The first kappa shape index (κ1) is 15.7. The summed E-state index contributed by atoms with van der Waals surface area (Å²) in [6.07, 6.45) is 2.41. The topological polar surface area (TPSA) is 9.23 Å². The maximum atomic E-state index is 12.1. The minimum Gasteiger partial charge on any atom is -0.406 e. The highest BCUT2D eigenvalue weighted by molar-refractivity contribution is 9.09. The van der Waals surface area contributed by atoms with Gasteiger partial charge >= 0.3 is 6.36 Å². The largest absolute Gasteiger partial charge is 0.573 e. The Labute approximate surface area is 125 Å². The fourth-order valence-corrected chi connectivity index (χ4v) is 3.47. The second-order valence-corrected chi connectivity index (χ2v) is 6.49. The van der Waals surface area contributed by atoms with Gasteiger partial charge in [-0.25, -0.2) is 0 Å². The van der Waals surface area contributed by atoms with Crippen LogP contribution in [0, 0.1) is 5.92 Å². The molecular weight excluding hydrogens is 333 g/mol. The summed E-state index contributed by atoms with van der Waals surface area (Å²) in [7, 11) is 0. The third-order valence-electron chi connectivity index (χ3n) is 3.72. The van der Waals surface area contributed by atoms with E-state index >= 15 is 0 Å². The number of ether oxygens (including phenoxy) is 1. The van der Waals surface area contributed by atoms with Crippen LogP contribution < -0.4 is 4.74 Å². The summed E-state index contributed by atoms with van der Waals surface area (Å²) in [6.45, 7) is 0. The lowest BCUT2D eigenvalue weighted by Crippen LogP contribution is -2.17. The average molecular weight is 351 g/mol. The summed E-state index contributed by atoms with van der Waals surface area (Å²) >= 11 is 3.74. The average Bonchev–Trinajstić information content (AvgIpc) is 2.56. The molecule has 0 bridgehead atoms. The summed E-state index contributed by atoms with van der Waals surface area (Å²) < 4.78 is 40.1. The Kier molecular flexibility index (Phi) is 5.35. The van der Waals surface area contributed by atoms with Gasteiger partial charge < -0.3 is 4.74 Å². The molecule has 1 nitrogen and oxygen atoms in total. The predicted molar refractivity (Wildman–Crippen MR) is 76.1 cm³/mol. The first-order valence-electron chi connectivity index (χ1n) is 6.93. The van der Waals surface area contributed by atoms with E-state index in [1.54, 1.807) is 12.1 Å². The van der Waals surface area contributed by atoms with Gasteiger partial charge in [-0.05, 0) is 42.9 Å². The third kappa shape index (κ3) is 5.00. The molecule has 0 saturated heterocycles. The van der Waals surface area contributed by atoms with Crippen molar-refractivity contribution in [2.75, 3.05) is 0 Å². The molecule has 0 radical (unpaired) electrons. The molecule has 1 fully saturated rings. The van der Waals surface area contributed by atoms with Gasteiger partial charge in [0.2, 0.25) is 0 Å². The lowest BCUT2D eigenvalue weighted by Gasteiger charge is -2.20. The van der Waals surface area contributed by atoms with E-state index in [-0.39, 0.29) is 5.75 Å². The van der Waals surface area contributed by atoms with Gasteiger partial charge in [-0.2, -0.15) is 0 Å². The molecule has 2 atom stereocenters. The number of rotatable bonds is 3. The lowest BCUT2D eigenvalue weighted by molar-refractivity contribution is -0.274. The zero-order valence-corrected chi connectivity index (χ0v) is 12.7. The quantitative estimate of drug-likeness (QED) is 0.518. The summed E-state index contributed by atoms with van der Waals surface area (Å²) in [4.78, 5) is 0.510. The molecule has 0 amide bonds. The van der Waals surface area contributed by atoms with Gasteiger partial charge in [-0.15, -0.1) is 13.2 Å². The van der Waals surface area contributed by atoms with Crippen molar-refractivity contribution in [2.45, 2.75) is 49.7 Å². The monoisotopic (exact) mass is 350 g/mol. The van der Waals surface area contributed by atoms with E-state index in [2.05, 4.69) is 20.7 Å². The van der Waals surface area contributed by atoms with Crippen LogP contribution in [0.3, 0.4) is 0 Å². The van der Waals surface area contributed by atoms with Crippen molar-refractivity contribution in [3.05, 3.63) is 29.8 Å². The molecule has 1 aromatic rings. The summed E-state index contributed by atoms with van der Waals surface area (Å²) in [6, 6.07) is 6.24. The highest BCUT2D eigenvalue weighted by Crippen LogP contribution is 2.32. The van der Waals surface area contributed by atoms with Crippen molar-refractivity contribution < 1.29 is 17.9 Å². The number of hydrogen-bond acceptors (Lipinski definition) is 1. The van der Waals surface area contributed by atoms with Crippen LogP contribution in [0.4, 0.5) is 13.2 Å². The normalized spacial score (nSPS) is 24.2. The molecule has 2 unspecified atom stereocenters. The molecule has 0 heterocycles. The van der Waals surface area contributed by atoms with Gasteiger partial charge in [0.25, 0.3) is 0 Å². The van der Waals surface area contributed by atoms with Crippen LogP contribution in [0.5, 0.6) is 5.75 Å².